The Bertz CT molecular complexity index is 259. The van der Waals surface area contributed by atoms with Crippen LogP contribution in [0.2, 0.25) is 0 Å². The molecule has 0 saturated heterocycles. The van der Waals surface area contributed by atoms with E-state index in [4.69, 9.17) is 9.84 Å². The molecule has 0 unspecified atom stereocenters. The Morgan fingerprint density at radius 2 is 1.94 bits per heavy atom. The van der Waals surface area contributed by atoms with E-state index in [0.717, 1.165) is 0 Å². The van der Waals surface area contributed by atoms with Gasteiger partial charge in [-0.15, -0.1) is 0 Å². The number of aliphatic hydroxyl groups excluding tert-OH is 1. The summed E-state index contributed by atoms with van der Waals surface area (Å²) < 4.78 is 9.57. The van der Waals surface area contributed by atoms with Crippen molar-refractivity contribution in [1.82, 2.24) is 5.32 Å². The fraction of sp³-hybridized carbons (Fsp3) is 0.818. The molecule has 0 aliphatic heterocycles. The molecule has 100 valence electrons. The van der Waals surface area contributed by atoms with E-state index in [-0.39, 0.29) is 6.61 Å². The summed E-state index contributed by atoms with van der Waals surface area (Å²) >= 11 is 0. The van der Waals surface area contributed by atoms with Gasteiger partial charge in [0.2, 0.25) is 0 Å². The monoisotopic (exact) mass is 247 g/mol. The minimum atomic E-state index is -0.790. The average molecular weight is 247 g/mol. The highest BCUT2D eigenvalue weighted by atomic mass is 16.6. The van der Waals surface area contributed by atoms with Gasteiger partial charge in [0.1, 0.15) is 11.6 Å². The molecule has 1 amide bonds. The van der Waals surface area contributed by atoms with Crippen LogP contribution >= 0.6 is 0 Å². The standard InChI is InChI=1S/C11H21NO5/c1-11(2,3)17-10(15)12-8(6-5-7-13)9(14)16-4/h8,13H,5-7H2,1-4H3,(H,12,15)/t8-/m0/s1. The van der Waals surface area contributed by atoms with Crippen molar-refractivity contribution in [3.05, 3.63) is 0 Å². The molecule has 6 heteroatoms. The number of rotatable bonds is 5. The van der Waals surface area contributed by atoms with E-state index < -0.39 is 23.7 Å². The Morgan fingerprint density at radius 1 is 1.35 bits per heavy atom. The number of alkyl carbamates (subject to hydrolysis) is 1. The Balaban J connectivity index is 4.32. The summed E-state index contributed by atoms with van der Waals surface area (Å²) in [7, 11) is 1.24. The topological polar surface area (TPSA) is 84.9 Å². The SMILES string of the molecule is COC(=O)[C@H](CCCO)NC(=O)OC(C)(C)C. The van der Waals surface area contributed by atoms with Crippen LogP contribution in [-0.4, -0.2) is 42.5 Å². The molecule has 0 rings (SSSR count). The number of ether oxygens (including phenoxy) is 2. The van der Waals surface area contributed by atoms with Gasteiger partial charge in [0.25, 0.3) is 0 Å². The zero-order valence-corrected chi connectivity index (χ0v) is 10.8. The summed E-state index contributed by atoms with van der Waals surface area (Å²) in [6.07, 6.45) is 0.0312. The zero-order chi connectivity index (χ0) is 13.5. The molecule has 0 saturated carbocycles. The number of hydrogen-bond acceptors (Lipinski definition) is 5. The van der Waals surface area contributed by atoms with Crippen LogP contribution in [-0.2, 0) is 14.3 Å². The lowest BCUT2D eigenvalue weighted by Gasteiger charge is -2.22. The number of esters is 1. The minimum absolute atomic E-state index is 0.0521. The van der Waals surface area contributed by atoms with E-state index in [1.54, 1.807) is 20.8 Å². The van der Waals surface area contributed by atoms with Gasteiger partial charge in [-0.25, -0.2) is 9.59 Å². The van der Waals surface area contributed by atoms with Crippen molar-refractivity contribution >= 4 is 12.1 Å². The molecule has 2 N–H and O–H groups in total. The number of aliphatic hydroxyl groups is 1. The minimum Gasteiger partial charge on any atom is -0.467 e. The molecule has 0 radical (unpaired) electrons. The smallest absolute Gasteiger partial charge is 0.408 e. The highest BCUT2D eigenvalue weighted by Gasteiger charge is 2.24. The van der Waals surface area contributed by atoms with Gasteiger partial charge in [-0.2, -0.15) is 0 Å². The summed E-state index contributed by atoms with van der Waals surface area (Å²) in [6, 6.07) is -0.790. The number of amides is 1. The third-order valence-electron chi connectivity index (χ3n) is 1.83. The summed E-state index contributed by atoms with van der Waals surface area (Å²) in [4.78, 5) is 22.8. The molecule has 1 atom stereocenters. The Morgan fingerprint density at radius 3 is 2.35 bits per heavy atom. The largest absolute Gasteiger partial charge is 0.467 e. The maximum absolute atomic E-state index is 11.4. The van der Waals surface area contributed by atoms with Crippen LogP contribution in [0.15, 0.2) is 0 Å². The zero-order valence-electron chi connectivity index (χ0n) is 10.8. The molecular formula is C11H21NO5. The first-order chi connectivity index (χ1) is 7.80. The van der Waals surface area contributed by atoms with Gasteiger partial charge in [-0.05, 0) is 33.6 Å². The third kappa shape index (κ3) is 7.57. The number of carbonyl (C=O) groups excluding carboxylic acids is 2. The van der Waals surface area contributed by atoms with Gasteiger partial charge < -0.3 is 19.9 Å². The van der Waals surface area contributed by atoms with Crippen molar-refractivity contribution in [1.29, 1.82) is 0 Å². The predicted octanol–water partition coefficient (Wildman–Crippen LogP) is 0.825. The second kappa shape index (κ2) is 7.11. The van der Waals surface area contributed by atoms with Crippen LogP contribution in [0.1, 0.15) is 33.6 Å². The Labute approximate surface area is 101 Å². The van der Waals surface area contributed by atoms with E-state index in [2.05, 4.69) is 10.1 Å². The van der Waals surface area contributed by atoms with Gasteiger partial charge in [-0.1, -0.05) is 0 Å². The molecular weight excluding hydrogens is 226 g/mol. The van der Waals surface area contributed by atoms with Crippen molar-refractivity contribution in [2.45, 2.75) is 45.3 Å². The summed E-state index contributed by atoms with van der Waals surface area (Å²) in [5.74, 6) is -0.552. The lowest BCUT2D eigenvalue weighted by molar-refractivity contribution is -0.143. The van der Waals surface area contributed by atoms with Gasteiger partial charge in [0, 0.05) is 6.61 Å². The van der Waals surface area contributed by atoms with Crippen molar-refractivity contribution in [2.75, 3.05) is 13.7 Å². The first kappa shape index (κ1) is 15.7. The van der Waals surface area contributed by atoms with E-state index in [0.29, 0.717) is 12.8 Å². The van der Waals surface area contributed by atoms with Crippen molar-refractivity contribution in [3.63, 3.8) is 0 Å². The lowest BCUT2D eigenvalue weighted by Crippen LogP contribution is -2.44. The average Bonchev–Trinajstić information content (AvgIpc) is 2.20. The molecule has 0 aliphatic carbocycles. The van der Waals surface area contributed by atoms with Gasteiger partial charge in [0.05, 0.1) is 7.11 Å². The maximum Gasteiger partial charge on any atom is 0.408 e. The molecule has 0 heterocycles. The van der Waals surface area contributed by atoms with E-state index in [1.165, 1.54) is 7.11 Å². The Kier molecular flexibility index (Phi) is 6.57. The van der Waals surface area contributed by atoms with Gasteiger partial charge in [0.15, 0.2) is 0 Å². The first-order valence-electron chi connectivity index (χ1n) is 5.48. The van der Waals surface area contributed by atoms with Gasteiger partial charge >= 0.3 is 12.1 Å². The van der Waals surface area contributed by atoms with E-state index in [9.17, 15) is 9.59 Å². The summed E-state index contributed by atoms with van der Waals surface area (Å²) in [5, 5.41) is 11.1. The van der Waals surface area contributed by atoms with Crippen LogP contribution in [0.5, 0.6) is 0 Å². The van der Waals surface area contributed by atoms with Crippen LogP contribution in [0.25, 0.3) is 0 Å². The number of methoxy groups -OCH3 is 1. The van der Waals surface area contributed by atoms with Crippen LogP contribution in [0.3, 0.4) is 0 Å². The summed E-state index contributed by atoms with van der Waals surface area (Å²) in [6.45, 7) is 5.14. The van der Waals surface area contributed by atoms with Crippen molar-refractivity contribution in [3.8, 4) is 0 Å². The van der Waals surface area contributed by atoms with Crippen LogP contribution in [0.4, 0.5) is 4.79 Å². The van der Waals surface area contributed by atoms with Crippen molar-refractivity contribution < 1.29 is 24.2 Å². The quantitative estimate of drug-likeness (QED) is 0.703. The molecule has 6 nitrogen and oxygen atoms in total. The molecule has 0 bridgehead atoms. The second-order valence-corrected chi connectivity index (χ2v) is 4.59. The second-order valence-electron chi connectivity index (χ2n) is 4.59. The number of nitrogens with one attached hydrogen (secondary N) is 1. The molecule has 0 aromatic carbocycles. The maximum atomic E-state index is 11.4. The van der Waals surface area contributed by atoms with Crippen molar-refractivity contribution in [2.24, 2.45) is 0 Å². The number of carbonyl (C=O) groups is 2. The molecule has 17 heavy (non-hydrogen) atoms. The normalized spacial score (nSPS) is 12.8. The van der Waals surface area contributed by atoms with E-state index in [1.807, 2.05) is 0 Å². The van der Waals surface area contributed by atoms with E-state index >= 15 is 0 Å². The van der Waals surface area contributed by atoms with Crippen LogP contribution < -0.4 is 5.32 Å². The lowest BCUT2D eigenvalue weighted by atomic mass is 10.1. The highest BCUT2D eigenvalue weighted by molar-refractivity contribution is 5.81. The fourth-order valence-electron chi connectivity index (χ4n) is 1.14. The third-order valence-corrected chi connectivity index (χ3v) is 1.83. The highest BCUT2D eigenvalue weighted by Crippen LogP contribution is 2.08. The molecule has 0 aliphatic rings. The van der Waals surface area contributed by atoms with Crippen LogP contribution in [0, 0.1) is 0 Å². The summed E-state index contributed by atoms with van der Waals surface area (Å²) in [5.41, 5.74) is -0.623. The predicted molar refractivity (Wildman–Crippen MR) is 61.5 cm³/mol. The first-order valence-corrected chi connectivity index (χ1v) is 5.48. The molecule has 0 spiro atoms. The Hall–Kier alpha value is -1.30. The molecule has 0 aromatic heterocycles. The molecule has 0 fully saturated rings. The van der Waals surface area contributed by atoms with Gasteiger partial charge in [-0.3, -0.25) is 0 Å². The molecule has 0 aromatic rings. The fourth-order valence-corrected chi connectivity index (χ4v) is 1.14. The number of hydrogen-bond donors (Lipinski definition) is 2.